The Morgan fingerprint density at radius 1 is 1.04 bits per heavy atom. The first-order valence-corrected chi connectivity index (χ1v) is 8.82. The van der Waals surface area contributed by atoms with E-state index in [1.54, 1.807) is 0 Å². The van der Waals surface area contributed by atoms with Crippen molar-refractivity contribution in [2.45, 2.75) is 50.2 Å². The van der Waals surface area contributed by atoms with Gasteiger partial charge in [-0.15, -0.1) is 0 Å². The van der Waals surface area contributed by atoms with Gasteiger partial charge in [0.1, 0.15) is 24.6 Å². The summed E-state index contributed by atoms with van der Waals surface area (Å²) in [6.45, 7) is 0.552. The minimum absolute atomic E-state index is 0.221. The fourth-order valence-corrected chi connectivity index (χ4v) is 3.07. The van der Waals surface area contributed by atoms with Gasteiger partial charge in [0.15, 0.2) is 23.2 Å². The van der Waals surface area contributed by atoms with E-state index >= 15 is 0 Å². The number of nitrogens with one attached hydrogen (secondary N) is 1. The smallest absolute Gasteiger partial charge is 0.167 e. The van der Waals surface area contributed by atoms with Gasteiger partial charge in [-0.3, -0.25) is 4.57 Å². The Labute approximate surface area is 150 Å². The van der Waals surface area contributed by atoms with Crippen molar-refractivity contribution in [3.63, 3.8) is 0 Å². The van der Waals surface area contributed by atoms with Crippen molar-refractivity contribution in [2.75, 3.05) is 25.1 Å². The number of ether oxygens (including phenoxy) is 1. The van der Waals surface area contributed by atoms with E-state index in [9.17, 15) is 15.3 Å². The summed E-state index contributed by atoms with van der Waals surface area (Å²) >= 11 is 0. The summed E-state index contributed by atoms with van der Waals surface area (Å²) in [5.41, 5.74) is 1.01. The Balaban J connectivity index is 1.71. The second-order valence-corrected chi connectivity index (χ2v) is 6.34. The second kappa shape index (κ2) is 8.69. The van der Waals surface area contributed by atoms with E-state index in [0.29, 0.717) is 17.0 Å². The van der Waals surface area contributed by atoms with Crippen molar-refractivity contribution in [3.05, 3.63) is 12.7 Å². The summed E-state index contributed by atoms with van der Waals surface area (Å²) in [4.78, 5) is 12.7. The summed E-state index contributed by atoms with van der Waals surface area (Å²) in [6.07, 6.45) is 2.52. The molecule has 0 saturated carbocycles. The molecular weight excluding hydrogens is 342 g/mol. The van der Waals surface area contributed by atoms with Crippen LogP contribution in [0.1, 0.15) is 31.9 Å². The molecule has 5 N–H and O–H groups in total. The Morgan fingerprint density at radius 3 is 2.58 bits per heavy atom. The third-order valence-corrected chi connectivity index (χ3v) is 4.53. The molecule has 10 heteroatoms. The van der Waals surface area contributed by atoms with Crippen LogP contribution in [0.4, 0.5) is 5.82 Å². The fraction of sp³-hybridized carbons (Fsp3) is 0.688. The Bertz CT molecular complexity index is 711. The van der Waals surface area contributed by atoms with E-state index in [4.69, 9.17) is 9.84 Å². The first kappa shape index (κ1) is 18.9. The number of unbranched alkanes of at least 4 members (excludes halogenated alkanes) is 3. The molecule has 2 aromatic rings. The highest BCUT2D eigenvalue weighted by atomic mass is 16.6. The van der Waals surface area contributed by atoms with Crippen LogP contribution in [0, 0.1) is 0 Å². The Kier molecular flexibility index (Phi) is 6.33. The van der Waals surface area contributed by atoms with Crippen LogP contribution in [0.5, 0.6) is 0 Å². The summed E-state index contributed by atoms with van der Waals surface area (Å²) in [5, 5.41) is 41.4. The lowest BCUT2D eigenvalue weighted by atomic mass is 10.1. The number of imidazole rings is 1. The van der Waals surface area contributed by atoms with Gasteiger partial charge in [0, 0.05) is 13.2 Å². The van der Waals surface area contributed by atoms with E-state index < -0.39 is 24.5 Å². The molecule has 26 heavy (non-hydrogen) atoms. The molecule has 1 aliphatic rings. The summed E-state index contributed by atoms with van der Waals surface area (Å²) in [5.74, 6) is 0.586. The molecule has 0 unspecified atom stereocenters. The highest BCUT2D eigenvalue weighted by Gasteiger charge is 2.44. The van der Waals surface area contributed by atoms with Crippen LogP contribution in [0.25, 0.3) is 11.2 Å². The van der Waals surface area contributed by atoms with Crippen molar-refractivity contribution >= 4 is 17.0 Å². The highest BCUT2D eigenvalue weighted by Crippen LogP contribution is 2.32. The van der Waals surface area contributed by atoms with Crippen molar-refractivity contribution in [2.24, 2.45) is 0 Å². The quantitative estimate of drug-likeness (QED) is 0.367. The molecule has 2 aromatic heterocycles. The van der Waals surface area contributed by atoms with Crippen molar-refractivity contribution in [1.29, 1.82) is 0 Å². The Morgan fingerprint density at radius 2 is 1.85 bits per heavy atom. The zero-order chi connectivity index (χ0) is 18.5. The van der Waals surface area contributed by atoms with E-state index in [1.807, 2.05) is 0 Å². The van der Waals surface area contributed by atoms with Crippen LogP contribution in [0.3, 0.4) is 0 Å². The van der Waals surface area contributed by atoms with Crippen molar-refractivity contribution in [1.82, 2.24) is 19.5 Å². The predicted octanol–water partition coefficient (Wildman–Crippen LogP) is -0.598. The number of aliphatic hydroxyl groups is 4. The average Bonchev–Trinajstić information content (AvgIpc) is 3.20. The van der Waals surface area contributed by atoms with Crippen LogP contribution in [-0.4, -0.2) is 78.0 Å². The number of anilines is 1. The maximum atomic E-state index is 10.2. The number of hydrogen-bond donors (Lipinski definition) is 5. The number of aromatic nitrogens is 4. The third kappa shape index (κ3) is 3.79. The molecule has 144 valence electrons. The van der Waals surface area contributed by atoms with Gasteiger partial charge < -0.3 is 30.5 Å². The van der Waals surface area contributed by atoms with E-state index in [2.05, 4.69) is 20.3 Å². The average molecular weight is 367 g/mol. The first-order valence-electron chi connectivity index (χ1n) is 8.82. The molecule has 0 aliphatic carbocycles. The summed E-state index contributed by atoms with van der Waals surface area (Å²) in [6, 6.07) is 0. The van der Waals surface area contributed by atoms with Crippen LogP contribution in [-0.2, 0) is 4.74 Å². The first-order chi connectivity index (χ1) is 12.7. The number of nitrogens with zero attached hydrogens (tertiary/aromatic N) is 4. The minimum atomic E-state index is -1.19. The molecule has 0 amide bonds. The van der Waals surface area contributed by atoms with Crippen molar-refractivity contribution < 1.29 is 25.2 Å². The topological polar surface area (TPSA) is 146 Å². The summed E-state index contributed by atoms with van der Waals surface area (Å²) in [7, 11) is 0. The van der Waals surface area contributed by atoms with Gasteiger partial charge in [-0.25, -0.2) is 15.0 Å². The lowest BCUT2D eigenvalue weighted by molar-refractivity contribution is -0.0511. The maximum Gasteiger partial charge on any atom is 0.167 e. The molecule has 1 aliphatic heterocycles. The maximum absolute atomic E-state index is 10.2. The molecule has 1 fully saturated rings. The second-order valence-electron chi connectivity index (χ2n) is 6.34. The van der Waals surface area contributed by atoms with E-state index in [1.165, 1.54) is 17.2 Å². The van der Waals surface area contributed by atoms with Crippen molar-refractivity contribution in [3.8, 4) is 0 Å². The number of fused-ring (bicyclic) bond motifs is 1. The van der Waals surface area contributed by atoms with Gasteiger partial charge in [0.05, 0.1) is 12.9 Å². The van der Waals surface area contributed by atoms with Gasteiger partial charge in [0.2, 0.25) is 0 Å². The van der Waals surface area contributed by atoms with Crippen LogP contribution >= 0.6 is 0 Å². The zero-order valence-corrected chi connectivity index (χ0v) is 14.4. The zero-order valence-electron chi connectivity index (χ0n) is 14.4. The molecule has 0 radical (unpaired) electrons. The highest BCUT2D eigenvalue weighted by molar-refractivity contribution is 5.82. The predicted molar refractivity (Wildman–Crippen MR) is 92.4 cm³/mol. The molecule has 0 spiro atoms. The fourth-order valence-electron chi connectivity index (χ4n) is 3.07. The van der Waals surface area contributed by atoms with Crippen LogP contribution < -0.4 is 5.32 Å². The van der Waals surface area contributed by atoms with Gasteiger partial charge >= 0.3 is 0 Å². The molecule has 0 bridgehead atoms. The van der Waals surface area contributed by atoms with Gasteiger partial charge in [-0.2, -0.15) is 0 Å². The van der Waals surface area contributed by atoms with E-state index in [0.717, 1.165) is 32.2 Å². The summed E-state index contributed by atoms with van der Waals surface area (Å²) < 4.78 is 7.07. The molecular formula is C16H25N5O5. The molecule has 0 aromatic carbocycles. The number of rotatable bonds is 9. The Hall–Kier alpha value is -1.85. The minimum Gasteiger partial charge on any atom is -0.396 e. The molecule has 3 heterocycles. The van der Waals surface area contributed by atoms with E-state index in [-0.39, 0.29) is 13.2 Å². The monoisotopic (exact) mass is 367 g/mol. The normalized spacial score (nSPS) is 25.8. The standard InChI is InChI=1S/C16H25N5O5/c22-6-4-2-1-3-5-17-14-11-15(19-8-18-14)21(9-20-11)16-13(25)12(24)10(7-23)26-16/h8-10,12-13,16,22-25H,1-7H2,(H,17,18,19)/t10-,12+,13+,16-/m0/s1. The lowest BCUT2D eigenvalue weighted by Crippen LogP contribution is -2.33. The van der Waals surface area contributed by atoms with Gasteiger partial charge in [-0.05, 0) is 12.8 Å². The van der Waals surface area contributed by atoms with Gasteiger partial charge in [0.25, 0.3) is 0 Å². The van der Waals surface area contributed by atoms with Crippen LogP contribution in [0.15, 0.2) is 12.7 Å². The SMILES string of the molecule is OCCCCCCNc1ncnc2c1ncn2[C@H]1O[C@@H](CO)[C@@H](O)[C@H]1O. The largest absolute Gasteiger partial charge is 0.396 e. The molecule has 1 saturated heterocycles. The van der Waals surface area contributed by atoms with Crippen LogP contribution in [0.2, 0.25) is 0 Å². The molecule has 3 rings (SSSR count). The number of hydrogen-bond acceptors (Lipinski definition) is 9. The lowest BCUT2D eigenvalue weighted by Gasteiger charge is -2.16. The molecule has 10 nitrogen and oxygen atoms in total. The van der Waals surface area contributed by atoms with Gasteiger partial charge in [-0.1, -0.05) is 12.8 Å². The third-order valence-electron chi connectivity index (χ3n) is 4.53. The molecule has 4 atom stereocenters. The number of aliphatic hydroxyl groups excluding tert-OH is 4.